The predicted molar refractivity (Wildman–Crippen MR) is 93.2 cm³/mol. The fourth-order valence-electron chi connectivity index (χ4n) is 3.92. The highest BCUT2D eigenvalue weighted by molar-refractivity contribution is 5.82. The quantitative estimate of drug-likeness (QED) is 0.776. The molecule has 1 aromatic heterocycles. The molecule has 0 spiro atoms. The van der Waals surface area contributed by atoms with E-state index >= 15 is 0 Å². The summed E-state index contributed by atoms with van der Waals surface area (Å²) >= 11 is 0. The van der Waals surface area contributed by atoms with Crippen LogP contribution in [0.4, 0.5) is 0 Å². The van der Waals surface area contributed by atoms with Gasteiger partial charge in [0.1, 0.15) is 6.61 Å². The van der Waals surface area contributed by atoms with Crippen molar-refractivity contribution in [3.05, 3.63) is 11.7 Å². The van der Waals surface area contributed by atoms with Crippen molar-refractivity contribution in [1.82, 2.24) is 19.9 Å². The first-order valence-corrected chi connectivity index (χ1v) is 9.41. The van der Waals surface area contributed by atoms with Crippen molar-refractivity contribution in [2.24, 2.45) is 11.8 Å². The number of likely N-dealkylation sites (tertiary alicyclic amines) is 2. The summed E-state index contributed by atoms with van der Waals surface area (Å²) in [5.41, 5.74) is 0. The molecule has 1 aromatic rings. The Morgan fingerprint density at radius 2 is 1.96 bits per heavy atom. The summed E-state index contributed by atoms with van der Waals surface area (Å²) in [6.07, 6.45) is 4.45. The third-order valence-electron chi connectivity index (χ3n) is 5.36. The van der Waals surface area contributed by atoms with Crippen LogP contribution in [0, 0.1) is 18.8 Å². The summed E-state index contributed by atoms with van der Waals surface area (Å²) in [6.45, 7) is 4.65. The second-order valence-corrected chi connectivity index (χ2v) is 7.31. The largest absolute Gasteiger partial charge is 0.375 e. The zero-order chi connectivity index (χ0) is 18.5. The predicted octanol–water partition coefficient (Wildman–Crippen LogP) is 1.04. The second kappa shape index (κ2) is 8.62. The van der Waals surface area contributed by atoms with Crippen LogP contribution in [0.1, 0.15) is 37.4 Å². The Morgan fingerprint density at radius 3 is 2.62 bits per heavy atom. The highest BCUT2D eigenvalue weighted by Crippen LogP contribution is 2.25. The molecule has 26 heavy (non-hydrogen) atoms. The number of aromatic nitrogens is 2. The number of rotatable bonds is 5. The van der Waals surface area contributed by atoms with E-state index in [9.17, 15) is 9.59 Å². The maximum Gasteiger partial charge on any atom is 0.248 e. The minimum absolute atomic E-state index is 0.0286. The van der Waals surface area contributed by atoms with E-state index in [1.54, 1.807) is 11.8 Å². The van der Waals surface area contributed by atoms with Gasteiger partial charge >= 0.3 is 0 Å². The number of carbonyl (C=O) groups is 2. The van der Waals surface area contributed by atoms with Crippen molar-refractivity contribution in [3.63, 3.8) is 0 Å². The standard InChI is InChI=1S/C18H28N4O4/c1-13-19-16(20-26-13)10-14-5-8-21(9-6-14)18(24)15-4-3-7-22(11-15)17(23)12-25-2/h14-15H,3-12H2,1-2H3/t15-/m0/s1. The fourth-order valence-corrected chi connectivity index (χ4v) is 3.92. The average Bonchev–Trinajstić information content (AvgIpc) is 3.07. The SMILES string of the molecule is COCC(=O)N1CCC[C@H](C(=O)N2CCC(Cc3noc(C)n3)CC2)C1. The molecule has 3 rings (SSSR count). The molecule has 8 nitrogen and oxygen atoms in total. The van der Waals surface area contributed by atoms with Gasteiger partial charge in [0.25, 0.3) is 0 Å². The van der Waals surface area contributed by atoms with Crippen LogP contribution in [-0.2, 0) is 20.7 Å². The van der Waals surface area contributed by atoms with Gasteiger partial charge in [0.2, 0.25) is 17.7 Å². The molecule has 3 heterocycles. The van der Waals surface area contributed by atoms with E-state index in [1.165, 1.54) is 7.11 Å². The number of carbonyl (C=O) groups excluding carboxylic acids is 2. The van der Waals surface area contributed by atoms with Gasteiger partial charge in [-0.2, -0.15) is 4.98 Å². The molecule has 2 fully saturated rings. The van der Waals surface area contributed by atoms with Gasteiger partial charge in [-0.3, -0.25) is 9.59 Å². The summed E-state index contributed by atoms with van der Waals surface area (Å²) in [4.78, 5) is 32.9. The zero-order valence-electron chi connectivity index (χ0n) is 15.6. The van der Waals surface area contributed by atoms with Gasteiger partial charge in [-0.05, 0) is 31.6 Å². The number of amides is 2. The maximum atomic E-state index is 12.9. The summed E-state index contributed by atoms with van der Waals surface area (Å²) < 4.78 is 9.95. The van der Waals surface area contributed by atoms with Crippen LogP contribution in [0.2, 0.25) is 0 Å². The lowest BCUT2D eigenvalue weighted by Crippen LogP contribution is -2.49. The number of hydrogen-bond donors (Lipinski definition) is 0. The Morgan fingerprint density at radius 1 is 1.19 bits per heavy atom. The molecule has 0 saturated carbocycles. The minimum Gasteiger partial charge on any atom is -0.375 e. The van der Waals surface area contributed by atoms with Gasteiger partial charge in [0.15, 0.2) is 5.82 Å². The molecule has 2 aliphatic heterocycles. The zero-order valence-corrected chi connectivity index (χ0v) is 15.6. The number of piperidine rings is 2. The number of nitrogens with zero attached hydrogens (tertiary/aromatic N) is 4. The topological polar surface area (TPSA) is 88.8 Å². The number of aryl methyl sites for hydroxylation is 1. The third kappa shape index (κ3) is 4.60. The Hall–Kier alpha value is -1.96. The van der Waals surface area contributed by atoms with Gasteiger partial charge in [0, 0.05) is 46.6 Å². The Balaban J connectivity index is 1.47. The van der Waals surface area contributed by atoms with E-state index in [1.807, 2.05) is 4.90 Å². The van der Waals surface area contributed by atoms with Crippen LogP contribution >= 0.6 is 0 Å². The van der Waals surface area contributed by atoms with Gasteiger partial charge in [0.05, 0.1) is 5.92 Å². The monoisotopic (exact) mass is 364 g/mol. The van der Waals surface area contributed by atoms with E-state index in [0.717, 1.165) is 57.6 Å². The first kappa shape index (κ1) is 18.8. The third-order valence-corrected chi connectivity index (χ3v) is 5.36. The van der Waals surface area contributed by atoms with E-state index in [0.29, 0.717) is 18.4 Å². The van der Waals surface area contributed by atoms with Crippen molar-refractivity contribution in [2.45, 2.75) is 39.0 Å². The Kier molecular flexibility index (Phi) is 6.24. The van der Waals surface area contributed by atoms with E-state index in [-0.39, 0.29) is 24.3 Å². The lowest BCUT2D eigenvalue weighted by Gasteiger charge is -2.37. The van der Waals surface area contributed by atoms with Crippen LogP contribution in [0.25, 0.3) is 0 Å². The molecule has 144 valence electrons. The van der Waals surface area contributed by atoms with E-state index in [2.05, 4.69) is 10.1 Å². The van der Waals surface area contributed by atoms with Crippen molar-refractivity contribution in [3.8, 4) is 0 Å². The summed E-state index contributed by atoms with van der Waals surface area (Å²) in [5.74, 6) is 1.92. The Bertz CT molecular complexity index is 624. The average molecular weight is 364 g/mol. The molecule has 0 aromatic carbocycles. The molecule has 0 N–H and O–H groups in total. The van der Waals surface area contributed by atoms with Crippen LogP contribution in [0.5, 0.6) is 0 Å². The molecule has 0 bridgehead atoms. The van der Waals surface area contributed by atoms with E-state index < -0.39 is 0 Å². The fraction of sp³-hybridized carbons (Fsp3) is 0.778. The van der Waals surface area contributed by atoms with Gasteiger partial charge in [-0.1, -0.05) is 5.16 Å². The molecule has 0 radical (unpaired) electrons. The van der Waals surface area contributed by atoms with Crippen LogP contribution in [0.3, 0.4) is 0 Å². The normalized spacial score (nSPS) is 21.8. The van der Waals surface area contributed by atoms with Crippen molar-refractivity contribution >= 4 is 11.8 Å². The molecule has 0 unspecified atom stereocenters. The summed E-state index contributed by atoms with van der Waals surface area (Å²) in [6, 6.07) is 0. The number of hydrogen-bond acceptors (Lipinski definition) is 6. The van der Waals surface area contributed by atoms with Gasteiger partial charge < -0.3 is 19.1 Å². The Labute approximate surface area is 153 Å². The number of ether oxygens (including phenoxy) is 1. The number of methoxy groups -OCH3 is 1. The molecule has 2 saturated heterocycles. The molecular formula is C18H28N4O4. The minimum atomic E-state index is -0.0824. The van der Waals surface area contributed by atoms with Gasteiger partial charge in [-0.25, -0.2) is 0 Å². The smallest absolute Gasteiger partial charge is 0.248 e. The second-order valence-electron chi connectivity index (χ2n) is 7.31. The molecular weight excluding hydrogens is 336 g/mol. The molecule has 0 aliphatic carbocycles. The van der Waals surface area contributed by atoms with Crippen LogP contribution < -0.4 is 0 Å². The highest BCUT2D eigenvalue weighted by atomic mass is 16.5. The first-order chi connectivity index (χ1) is 12.6. The van der Waals surface area contributed by atoms with Crippen LogP contribution in [-0.4, -0.2) is 71.7 Å². The van der Waals surface area contributed by atoms with Crippen molar-refractivity contribution in [2.75, 3.05) is 39.9 Å². The lowest BCUT2D eigenvalue weighted by molar-refractivity contribution is -0.143. The molecule has 8 heteroatoms. The first-order valence-electron chi connectivity index (χ1n) is 9.41. The summed E-state index contributed by atoms with van der Waals surface area (Å²) in [5, 5.41) is 3.96. The molecule has 2 aliphatic rings. The highest BCUT2D eigenvalue weighted by Gasteiger charge is 2.33. The van der Waals surface area contributed by atoms with Gasteiger partial charge in [-0.15, -0.1) is 0 Å². The molecule has 2 amide bonds. The van der Waals surface area contributed by atoms with Crippen molar-refractivity contribution in [1.29, 1.82) is 0 Å². The van der Waals surface area contributed by atoms with E-state index in [4.69, 9.17) is 9.26 Å². The maximum absolute atomic E-state index is 12.9. The lowest BCUT2D eigenvalue weighted by atomic mass is 9.91. The van der Waals surface area contributed by atoms with Crippen LogP contribution in [0.15, 0.2) is 4.52 Å². The van der Waals surface area contributed by atoms with Crippen molar-refractivity contribution < 1.29 is 18.8 Å². The summed E-state index contributed by atoms with van der Waals surface area (Å²) in [7, 11) is 1.52. The molecule has 1 atom stereocenters.